The van der Waals surface area contributed by atoms with Crippen LogP contribution in [0.15, 0.2) is 41.2 Å². The van der Waals surface area contributed by atoms with Crippen molar-refractivity contribution in [3.8, 4) is 5.69 Å². The van der Waals surface area contributed by atoms with E-state index in [-0.39, 0.29) is 23.2 Å². The zero-order valence-electron chi connectivity index (χ0n) is 17.9. The predicted molar refractivity (Wildman–Crippen MR) is 119 cm³/mol. The lowest BCUT2D eigenvalue weighted by Gasteiger charge is -2.34. The van der Waals surface area contributed by atoms with Crippen LogP contribution in [0, 0.1) is 11.7 Å². The number of hydrogen-bond donors (Lipinski definition) is 1. The summed E-state index contributed by atoms with van der Waals surface area (Å²) in [5.41, 5.74) is 0.245. The quantitative estimate of drug-likeness (QED) is 0.807. The number of hydrogen-bond acceptors (Lipinski definition) is 4. The third kappa shape index (κ3) is 5.51. The van der Waals surface area contributed by atoms with E-state index in [4.69, 9.17) is 0 Å². The van der Waals surface area contributed by atoms with Crippen molar-refractivity contribution in [2.75, 3.05) is 18.0 Å². The van der Waals surface area contributed by atoms with E-state index < -0.39 is 0 Å². The van der Waals surface area contributed by atoms with Crippen LogP contribution in [0.3, 0.4) is 0 Å². The molecule has 1 saturated carbocycles. The minimum atomic E-state index is -0.359. The normalized spacial score (nSPS) is 20.7. The summed E-state index contributed by atoms with van der Waals surface area (Å²) in [6.45, 7) is 1.38. The van der Waals surface area contributed by atoms with Gasteiger partial charge < -0.3 is 10.2 Å². The van der Waals surface area contributed by atoms with Crippen LogP contribution in [0.2, 0.25) is 0 Å². The number of piperidine rings is 1. The van der Waals surface area contributed by atoms with Crippen molar-refractivity contribution in [2.24, 2.45) is 5.92 Å². The Morgan fingerprint density at radius 2 is 1.65 bits per heavy atom. The van der Waals surface area contributed by atoms with Crippen molar-refractivity contribution >= 4 is 11.7 Å². The van der Waals surface area contributed by atoms with Crippen molar-refractivity contribution < 1.29 is 9.18 Å². The fraction of sp³-hybridized carbons (Fsp3) is 0.542. The maximum atomic E-state index is 13.2. The number of carbonyl (C=O) groups is 1. The number of nitrogens with zero attached hydrogens (tertiary/aromatic N) is 3. The molecule has 7 heteroatoms. The number of nitrogens with one attached hydrogen (secondary N) is 1. The number of carbonyl (C=O) groups excluding carboxylic acids is 1. The average molecular weight is 427 g/mol. The van der Waals surface area contributed by atoms with Gasteiger partial charge in [-0.1, -0.05) is 32.1 Å². The van der Waals surface area contributed by atoms with E-state index in [2.05, 4.69) is 15.3 Å². The molecule has 6 nitrogen and oxygen atoms in total. The molecule has 31 heavy (non-hydrogen) atoms. The van der Waals surface area contributed by atoms with Gasteiger partial charge in [0.05, 0.1) is 11.6 Å². The molecule has 0 radical (unpaired) electrons. The SMILES string of the molecule is O=C(NC1CCCCCCC1)[C@H]1CCCN(c2ccc(=O)n(-c3ccc(F)cc3)n2)C1. The molecule has 1 aromatic heterocycles. The Morgan fingerprint density at radius 1 is 0.935 bits per heavy atom. The van der Waals surface area contributed by atoms with E-state index in [1.54, 1.807) is 6.07 Å². The van der Waals surface area contributed by atoms with Gasteiger partial charge in [-0.2, -0.15) is 4.68 Å². The number of amides is 1. The molecule has 0 spiro atoms. The predicted octanol–water partition coefficient (Wildman–Crippen LogP) is 3.82. The molecule has 1 amide bonds. The average Bonchev–Trinajstić information content (AvgIpc) is 2.76. The molecule has 1 saturated heterocycles. The van der Waals surface area contributed by atoms with Crippen molar-refractivity contribution in [3.63, 3.8) is 0 Å². The van der Waals surface area contributed by atoms with Crippen molar-refractivity contribution in [1.29, 1.82) is 0 Å². The summed E-state index contributed by atoms with van der Waals surface area (Å²) in [4.78, 5) is 27.4. The standard InChI is InChI=1S/C24H31FN4O2/c25-19-10-12-21(13-11-19)29-23(30)15-14-22(27-29)28-16-6-7-18(17-28)24(31)26-20-8-4-2-1-3-5-9-20/h10-15,18,20H,1-9,16-17H2,(H,26,31)/t18-/m0/s1. The third-order valence-corrected chi connectivity index (χ3v) is 6.43. The minimum Gasteiger partial charge on any atom is -0.354 e. The summed E-state index contributed by atoms with van der Waals surface area (Å²) in [6.07, 6.45) is 10.1. The van der Waals surface area contributed by atoms with Crippen molar-refractivity contribution in [2.45, 2.75) is 63.8 Å². The Bertz CT molecular complexity index is 935. The van der Waals surface area contributed by atoms with Gasteiger partial charge in [-0.25, -0.2) is 4.39 Å². The summed E-state index contributed by atoms with van der Waals surface area (Å²) in [5, 5.41) is 7.81. The van der Waals surface area contributed by atoms with Gasteiger partial charge >= 0.3 is 0 Å². The molecule has 2 aliphatic rings. The molecule has 166 valence electrons. The van der Waals surface area contributed by atoms with Crippen molar-refractivity contribution in [3.05, 3.63) is 52.6 Å². The minimum absolute atomic E-state index is 0.0767. The fourth-order valence-electron chi connectivity index (χ4n) is 4.66. The van der Waals surface area contributed by atoms with Crippen LogP contribution < -0.4 is 15.8 Å². The van der Waals surface area contributed by atoms with Crippen LogP contribution in [0.5, 0.6) is 0 Å². The summed E-state index contributed by atoms with van der Waals surface area (Å²) in [7, 11) is 0. The first kappa shape index (κ1) is 21.5. The highest BCUT2D eigenvalue weighted by atomic mass is 19.1. The van der Waals surface area contributed by atoms with E-state index in [1.165, 1.54) is 67.1 Å². The van der Waals surface area contributed by atoms with Gasteiger partial charge in [-0.15, -0.1) is 5.10 Å². The molecular formula is C24H31FN4O2. The monoisotopic (exact) mass is 426 g/mol. The van der Waals surface area contributed by atoms with E-state index in [1.807, 2.05) is 0 Å². The maximum Gasteiger partial charge on any atom is 0.271 e. The molecule has 1 aliphatic heterocycles. The van der Waals surface area contributed by atoms with Crippen LogP contribution in [0.4, 0.5) is 10.2 Å². The zero-order valence-corrected chi connectivity index (χ0v) is 17.9. The summed E-state index contributed by atoms with van der Waals surface area (Å²) < 4.78 is 14.5. The number of aromatic nitrogens is 2. The van der Waals surface area contributed by atoms with Gasteiger partial charge in [0.25, 0.3) is 5.56 Å². The molecule has 1 atom stereocenters. The zero-order chi connectivity index (χ0) is 21.6. The first-order chi connectivity index (χ1) is 15.1. The maximum absolute atomic E-state index is 13.2. The molecule has 0 unspecified atom stereocenters. The van der Waals surface area contributed by atoms with Gasteiger partial charge in [-0.3, -0.25) is 9.59 Å². The molecule has 4 rings (SSSR count). The van der Waals surface area contributed by atoms with Crippen LogP contribution in [0.25, 0.3) is 5.69 Å². The highest BCUT2D eigenvalue weighted by Crippen LogP contribution is 2.23. The second kappa shape index (κ2) is 10.1. The molecule has 1 aliphatic carbocycles. The number of halogens is 1. The largest absolute Gasteiger partial charge is 0.354 e. The Morgan fingerprint density at radius 3 is 2.39 bits per heavy atom. The number of benzene rings is 1. The molecule has 2 fully saturated rings. The van der Waals surface area contributed by atoms with Crippen LogP contribution in [0.1, 0.15) is 57.8 Å². The van der Waals surface area contributed by atoms with Gasteiger partial charge in [0.15, 0.2) is 0 Å². The van der Waals surface area contributed by atoms with Gasteiger partial charge in [-0.05, 0) is 56.0 Å². The first-order valence-corrected chi connectivity index (χ1v) is 11.5. The topological polar surface area (TPSA) is 67.2 Å². The Labute approximate surface area is 182 Å². The summed E-state index contributed by atoms with van der Waals surface area (Å²) >= 11 is 0. The molecule has 0 bridgehead atoms. The van der Waals surface area contributed by atoms with Gasteiger partial charge in [0.2, 0.25) is 5.91 Å². The molecule has 2 aromatic rings. The molecule has 1 N–H and O–H groups in total. The lowest BCUT2D eigenvalue weighted by atomic mass is 9.94. The Kier molecular flexibility index (Phi) is 6.99. The highest BCUT2D eigenvalue weighted by Gasteiger charge is 2.28. The Hall–Kier alpha value is -2.70. The second-order valence-electron chi connectivity index (χ2n) is 8.75. The van der Waals surface area contributed by atoms with E-state index in [0.717, 1.165) is 32.2 Å². The highest BCUT2D eigenvalue weighted by molar-refractivity contribution is 5.79. The summed E-state index contributed by atoms with van der Waals surface area (Å²) in [5.74, 6) is 0.365. The van der Waals surface area contributed by atoms with E-state index in [0.29, 0.717) is 24.1 Å². The van der Waals surface area contributed by atoms with E-state index >= 15 is 0 Å². The number of anilines is 1. The third-order valence-electron chi connectivity index (χ3n) is 6.43. The number of rotatable bonds is 4. The lowest BCUT2D eigenvalue weighted by molar-refractivity contribution is -0.126. The smallest absolute Gasteiger partial charge is 0.271 e. The van der Waals surface area contributed by atoms with Crippen LogP contribution in [-0.2, 0) is 4.79 Å². The van der Waals surface area contributed by atoms with Crippen LogP contribution >= 0.6 is 0 Å². The van der Waals surface area contributed by atoms with Crippen LogP contribution in [-0.4, -0.2) is 34.8 Å². The molecule has 1 aromatic carbocycles. The van der Waals surface area contributed by atoms with Gasteiger partial charge in [0.1, 0.15) is 11.6 Å². The Balaban J connectivity index is 1.44. The molecular weight excluding hydrogens is 395 g/mol. The van der Waals surface area contributed by atoms with E-state index in [9.17, 15) is 14.0 Å². The molecule has 2 heterocycles. The first-order valence-electron chi connectivity index (χ1n) is 11.5. The fourth-order valence-corrected chi connectivity index (χ4v) is 4.66. The van der Waals surface area contributed by atoms with Gasteiger partial charge in [0, 0.05) is 25.2 Å². The summed E-state index contributed by atoms with van der Waals surface area (Å²) in [6, 6.07) is 9.17. The lowest BCUT2D eigenvalue weighted by Crippen LogP contribution is -2.46. The van der Waals surface area contributed by atoms with Crippen molar-refractivity contribution in [1.82, 2.24) is 15.1 Å². The second-order valence-corrected chi connectivity index (χ2v) is 8.75.